The third-order valence-corrected chi connectivity index (χ3v) is 2.37. The minimum Gasteiger partial charge on any atom is -0.446 e. The quantitative estimate of drug-likeness (QED) is 0.557. The van der Waals surface area contributed by atoms with Crippen LogP contribution in [0.5, 0.6) is 0 Å². The first-order valence-electron chi connectivity index (χ1n) is 4.90. The summed E-state index contributed by atoms with van der Waals surface area (Å²) in [6.07, 6.45) is 7.05. The normalized spacial score (nSPS) is 17.1. The number of carbonyl (C=O) groups excluding carboxylic acids is 1. The Balaban J connectivity index is 2.37. The van der Waals surface area contributed by atoms with Gasteiger partial charge in [0.2, 0.25) is 0 Å². The molecule has 78 valence electrons. The zero-order valence-electron chi connectivity index (χ0n) is 8.24. The molecule has 0 aliphatic heterocycles. The van der Waals surface area contributed by atoms with Gasteiger partial charge in [0, 0.05) is 6.20 Å². The van der Waals surface area contributed by atoms with Crippen molar-refractivity contribution in [2.24, 2.45) is 0 Å². The van der Waals surface area contributed by atoms with Gasteiger partial charge in [-0.1, -0.05) is 13.0 Å². The molecule has 0 aromatic rings. The lowest BCUT2D eigenvalue weighted by molar-refractivity contribution is 0.0655. The molecule has 1 rings (SSSR count). The molecule has 0 spiro atoms. The highest BCUT2D eigenvalue weighted by atomic mass is 16.6. The second-order valence-corrected chi connectivity index (χ2v) is 3.36. The summed E-state index contributed by atoms with van der Waals surface area (Å²) in [7, 11) is 0. The van der Waals surface area contributed by atoms with Crippen molar-refractivity contribution in [1.82, 2.24) is 4.90 Å². The Morgan fingerprint density at radius 3 is 2.57 bits per heavy atom. The standard InChI is InChI=1S/C10H16N2O2/c1-2-12(8-11)10(13)14-9-6-4-3-5-7-9/h2,8-9,11H,1,3-7H2. The number of ether oxygens (including phenoxy) is 1. The number of nitrogens with one attached hydrogen (secondary N) is 1. The Labute approximate surface area is 84.0 Å². The predicted octanol–water partition coefficient (Wildman–Crippen LogP) is 2.51. The number of amides is 1. The van der Waals surface area contributed by atoms with Crippen LogP contribution >= 0.6 is 0 Å². The van der Waals surface area contributed by atoms with Crippen molar-refractivity contribution in [3.8, 4) is 0 Å². The van der Waals surface area contributed by atoms with E-state index in [0.717, 1.165) is 36.9 Å². The maximum atomic E-state index is 11.4. The minimum absolute atomic E-state index is 0.0265. The topological polar surface area (TPSA) is 53.4 Å². The van der Waals surface area contributed by atoms with E-state index in [4.69, 9.17) is 10.1 Å². The van der Waals surface area contributed by atoms with Crippen molar-refractivity contribution in [3.63, 3.8) is 0 Å². The van der Waals surface area contributed by atoms with E-state index in [1.54, 1.807) is 0 Å². The SMILES string of the molecule is C=CN(C=N)C(=O)OC1CCCCC1. The van der Waals surface area contributed by atoms with Gasteiger partial charge in [-0.25, -0.2) is 9.69 Å². The summed E-state index contributed by atoms with van der Waals surface area (Å²) in [5.74, 6) is 0. The Bertz CT molecular complexity index is 214. The average Bonchev–Trinajstić information content (AvgIpc) is 2.21. The van der Waals surface area contributed by atoms with Gasteiger partial charge in [-0.2, -0.15) is 0 Å². The van der Waals surface area contributed by atoms with Crippen LogP contribution in [0.3, 0.4) is 0 Å². The Hall–Kier alpha value is -1.32. The molecule has 4 heteroatoms. The van der Waals surface area contributed by atoms with Crippen molar-refractivity contribution < 1.29 is 9.53 Å². The number of carbonyl (C=O) groups is 1. The van der Waals surface area contributed by atoms with Gasteiger partial charge in [0.05, 0.1) is 6.34 Å². The number of rotatable bonds is 3. The van der Waals surface area contributed by atoms with Crippen LogP contribution in [0.1, 0.15) is 32.1 Å². The zero-order valence-corrected chi connectivity index (χ0v) is 8.24. The third-order valence-electron chi connectivity index (χ3n) is 2.37. The van der Waals surface area contributed by atoms with Gasteiger partial charge < -0.3 is 4.74 Å². The van der Waals surface area contributed by atoms with Gasteiger partial charge >= 0.3 is 6.09 Å². The van der Waals surface area contributed by atoms with E-state index in [1.165, 1.54) is 12.6 Å². The first-order valence-corrected chi connectivity index (χ1v) is 4.90. The fourth-order valence-electron chi connectivity index (χ4n) is 1.57. The summed E-state index contributed by atoms with van der Waals surface area (Å²) in [6.45, 7) is 3.42. The summed E-state index contributed by atoms with van der Waals surface area (Å²) in [5, 5.41) is 6.94. The van der Waals surface area contributed by atoms with Crippen LogP contribution in [-0.2, 0) is 4.74 Å². The first-order chi connectivity index (χ1) is 6.77. The van der Waals surface area contributed by atoms with Crippen LogP contribution in [-0.4, -0.2) is 23.4 Å². The first kappa shape index (κ1) is 10.8. The molecular weight excluding hydrogens is 180 g/mol. The number of hydrogen-bond donors (Lipinski definition) is 1. The van der Waals surface area contributed by atoms with E-state index >= 15 is 0 Å². The number of nitrogens with zero attached hydrogens (tertiary/aromatic N) is 1. The van der Waals surface area contributed by atoms with E-state index in [-0.39, 0.29) is 6.10 Å². The molecule has 4 nitrogen and oxygen atoms in total. The summed E-state index contributed by atoms with van der Waals surface area (Å²) in [5.41, 5.74) is 0. The van der Waals surface area contributed by atoms with Gasteiger partial charge in [0.25, 0.3) is 0 Å². The molecule has 14 heavy (non-hydrogen) atoms. The second kappa shape index (κ2) is 5.42. The highest BCUT2D eigenvalue weighted by Gasteiger charge is 2.19. The third kappa shape index (κ3) is 2.87. The molecule has 0 heterocycles. The van der Waals surface area contributed by atoms with Gasteiger partial charge in [-0.3, -0.25) is 5.41 Å². The van der Waals surface area contributed by atoms with Gasteiger partial charge in [-0.05, 0) is 25.7 Å². The van der Waals surface area contributed by atoms with Gasteiger partial charge in [0.1, 0.15) is 6.10 Å². The lowest BCUT2D eigenvalue weighted by Gasteiger charge is -2.23. The van der Waals surface area contributed by atoms with E-state index in [0.29, 0.717) is 0 Å². The highest BCUT2D eigenvalue weighted by molar-refractivity contribution is 5.82. The van der Waals surface area contributed by atoms with Crippen LogP contribution in [0.25, 0.3) is 0 Å². The molecule has 1 aliphatic carbocycles. The predicted molar refractivity (Wildman–Crippen MR) is 54.2 cm³/mol. The largest absolute Gasteiger partial charge is 0.446 e. The van der Waals surface area contributed by atoms with Gasteiger partial charge in [0.15, 0.2) is 0 Å². The minimum atomic E-state index is -0.498. The Morgan fingerprint density at radius 2 is 2.07 bits per heavy atom. The molecule has 1 saturated carbocycles. The molecule has 1 fully saturated rings. The Kier molecular flexibility index (Phi) is 4.16. The lowest BCUT2D eigenvalue weighted by Crippen LogP contribution is -2.30. The highest BCUT2D eigenvalue weighted by Crippen LogP contribution is 2.20. The molecule has 0 unspecified atom stereocenters. The molecule has 0 bridgehead atoms. The molecule has 1 amide bonds. The molecule has 1 aliphatic rings. The second-order valence-electron chi connectivity index (χ2n) is 3.36. The fourth-order valence-corrected chi connectivity index (χ4v) is 1.57. The monoisotopic (exact) mass is 196 g/mol. The van der Waals surface area contributed by atoms with Crippen LogP contribution in [0, 0.1) is 5.41 Å². The van der Waals surface area contributed by atoms with Crippen molar-refractivity contribution in [2.45, 2.75) is 38.2 Å². The molecule has 1 N–H and O–H groups in total. The van der Waals surface area contributed by atoms with E-state index in [9.17, 15) is 4.79 Å². The molecule has 0 aromatic carbocycles. The summed E-state index contributed by atoms with van der Waals surface area (Å²) in [4.78, 5) is 12.4. The summed E-state index contributed by atoms with van der Waals surface area (Å²) in [6, 6.07) is 0. The van der Waals surface area contributed by atoms with E-state index < -0.39 is 6.09 Å². The van der Waals surface area contributed by atoms with Crippen molar-refractivity contribution >= 4 is 12.4 Å². The summed E-state index contributed by atoms with van der Waals surface area (Å²) >= 11 is 0. The molecule has 0 atom stereocenters. The van der Waals surface area contributed by atoms with Crippen molar-refractivity contribution in [3.05, 3.63) is 12.8 Å². The smallest absolute Gasteiger partial charge is 0.419 e. The Morgan fingerprint density at radius 1 is 1.43 bits per heavy atom. The van der Waals surface area contributed by atoms with Crippen molar-refractivity contribution in [1.29, 1.82) is 5.41 Å². The van der Waals surface area contributed by atoms with Crippen LogP contribution < -0.4 is 0 Å². The average molecular weight is 196 g/mol. The molecule has 0 saturated heterocycles. The zero-order chi connectivity index (χ0) is 10.4. The van der Waals surface area contributed by atoms with E-state index in [2.05, 4.69) is 6.58 Å². The van der Waals surface area contributed by atoms with Crippen LogP contribution in [0.2, 0.25) is 0 Å². The number of hydrogen-bond acceptors (Lipinski definition) is 3. The van der Waals surface area contributed by atoms with E-state index in [1.807, 2.05) is 0 Å². The fraction of sp³-hybridized carbons (Fsp3) is 0.600. The summed E-state index contributed by atoms with van der Waals surface area (Å²) < 4.78 is 5.20. The maximum Gasteiger partial charge on any atom is 0.419 e. The molecule has 0 aromatic heterocycles. The van der Waals surface area contributed by atoms with Gasteiger partial charge in [-0.15, -0.1) is 0 Å². The van der Waals surface area contributed by atoms with Crippen LogP contribution in [0.4, 0.5) is 4.79 Å². The molecule has 0 radical (unpaired) electrons. The maximum absolute atomic E-state index is 11.4. The van der Waals surface area contributed by atoms with Crippen LogP contribution in [0.15, 0.2) is 12.8 Å². The lowest BCUT2D eigenvalue weighted by atomic mass is 9.98. The molecular formula is C10H16N2O2. The van der Waals surface area contributed by atoms with Crippen molar-refractivity contribution in [2.75, 3.05) is 0 Å².